The van der Waals surface area contributed by atoms with Crippen molar-refractivity contribution in [2.24, 2.45) is 5.92 Å². The highest BCUT2D eigenvalue weighted by atomic mass is 79.9. The van der Waals surface area contributed by atoms with Crippen molar-refractivity contribution < 1.29 is 14.4 Å². The number of nitrogens with one attached hydrogen (secondary N) is 1. The van der Waals surface area contributed by atoms with Crippen LogP contribution in [0.3, 0.4) is 0 Å². The number of aromatic nitrogens is 3. The van der Waals surface area contributed by atoms with E-state index in [0.717, 1.165) is 14.9 Å². The van der Waals surface area contributed by atoms with Gasteiger partial charge in [-0.1, -0.05) is 54.0 Å². The smallest absolute Gasteiger partial charge is 0.262 e. The standard InChI is InChI=1S/C22H20BrN5O3/c1-13(2)18(28-20(30)16-5-3-4-6-17(16)21(28)31)19(29)25-22-24-12-27(26-22)11-14-7-9-15(23)10-8-14/h3-10,12-13,18H,11H2,1-2H3,(H,25,26,29). The highest BCUT2D eigenvalue weighted by Crippen LogP contribution is 2.27. The Labute approximate surface area is 187 Å². The second-order valence-corrected chi connectivity index (χ2v) is 8.51. The van der Waals surface area contributed by atoms with Crippen LogP contribution in [0, 0.1) is 5.92 Å². The lowest BCUT2D eigenvalue weighted by molar-refractivity contribution is -0.121. The molecule has 8 nitrogen and oxygen atoms in total. The fraction of sp³-hybridized carbons (Fsp3) is 0.227. The van der Waals surface area contributed by atoms with E-state index < -0.39 is 23.8 Å². The van der Waals surface area contributed by atoms with Gasteiger partial charge < -0.3 is 0 Å². The van der Waals surface area contributed by atoms with Gasteiger partial charge in [0.15, 0.2) is 0 Å². The lowest BCUT2D eigenvalue weighted by Gasteiger charge is -2.27. The number of hydrogen-bond donors (Lipinski definition) is 1. The van der Waals surface area contributed by atoms with Gasteiger partial charge >= 0.3 is 0 Å². The molecule has 1 atom stereocenters. The summed E-state index contributed by atoms with van der Waals surface area (Å²) < 4.78 is 2.58. The van der Waals surface area contributed by atoms with Gasteiger partial charge in [0.1, 0.15) is 12.4 Å². The number of hydrogen-bond acceptors (Lipinski definition) is 5. The van der Waals surface area contributed by atoms with Gasteiger partial charge in [0.05, 0.1) is 17.7 Å². The Balaban J connectivity index is 1.50. The molecule has 1 aromatic heterocycles. The van der Waals surface area contributed by atoms with Crippen LogP contribution in [0.5, 0.6) is 0 Å². The molecule has 1 aliphatic heterocycles. The number of nitrogens with zero attached hydrogens (tertiary/aromatic N) is 4. The summed E-state index contributed by atoms with van der Waals surface area (Å²) >= 11 is 3.40. The molecular formula is C22H20BrN5O3. The van der Waals surface area contributed by atoms with E-state index >= 15 is 0 Å². The maximum absolute atomic E-state index is 13.0. The maximum Gasteiger partial charge on any atom is 0.262 e. The summed E-state index contributed by atoms with van der Waals surface area (Å²) in [6.07, 6.45) is 1.52. The second-order valence-electron chi connectivity index (χ2n) is 7.60. The van der Waals surface area contributed by atoms with Gasteiger partial charge in [-0.25, -0.2) is 9.67 Å². The van der Waals surface area contributed by atoms with E-state index in [1.54, 1.807) is 42.8 Å². The number of rotatable bonds is 6. The van der Waals surface area contributed by atoms with Crippen LogP contribution in [0.2, 0.25) is 0 Å². The van der Waals surface area contributed by atoms with Crippen molar-refractivity contribution in [1.29, 1.82) is 0 Å². The minimum Gasteiger partial charge on any atom is -0.291 e. The molecule has 1 unspecified atom stereocenters. The summed E-state index contributed by atoms with van der Waals surface area (Å²) in [5.74, 6) is -1.63. The highest BCUT2D eigenvalue weighted by molar-refractivity contribution is 9.10. The fourth-order valence-electron chi connectivity index (χ4n) is 3.57. The van der Waals surface area contributed by atoms with Crippen LogP contribution in [0.25, 0.3) is 0 Å². The predicted octanol–water partition coefficient (Wildman–Crippen LogP) is 3.35. The first-order valence-corrected chi connectivity index (χ1v) is 10.6. The van der Waals surface area contributed by atoms with Gasteiger partial charge in [0.25, 0.3) is 11.8 Å². The average Bonchev–Trinajstić information content (AvgIpc) is 3.28. The molecule has 2 aromatic carbocycles. The third-order valence-corrected chi connectivity index (χ3v) is 5.56. The van der Waals surface area contributed by atoms with Gasteiger partial charge in [-0.15, -0.1) is 5.10 Å². The van der Waals surface area contributed by atoms with Crippen LogP contribution in [-0.4, -0.2) is 43.4 Å². The Hall–Kier alpha value is -3.33. The summed E-state index contributed by atoms with van der Waals surface area (Å²) in [5, 5.41) is 6.94. The van der Waals surface area contributed by atoms with Crippen LogP contribution in [-0.2, 0) is 11.3 Å². The first-order valence-electron chi connectivity index (χ1n) is 9.77. The molecule has 1 aliphatic rings. The second kappa shape index (κ2) is 8.43. The largest absolute Gasteiger partial charge is 0.291 e. The van der Waals surface area contributed by atoms with Gasteiger partial charge in [-0.3, -0.25) is 24.6 Å². The van der Waals surface area contributed by atoms with Gasteiger partial charge in [0.2, 0.25) is 11.9 Å². The predicted molar refractivity (Wildman–Crippen MR) is 117 cm³/mol. The van der Waals surface area contributed by atoms with Crippen molar-refractivity contribution in [3.05, 3.63) is 76.0 Å². The van der Waals surface area contributed by atoms with Crippen molar-refractivity contribution in [2.45, 2.75) is 26.4 Å². The number of anilines is 1. The van der Waals surface area contributed by atoms with Crippen molar-refractivity contribution >= 4 is 39.6 Å². The number of halogens is 1. The third kappa shape index (κ3) is 4.13. The normalized spacial score (nSPS) is 14.1. The van der Waals surface area contributed by atoms with E-state index in [-0.39, 0.29) is 11.9 Å². The molecular weight excluding hydrogens is 462 g/mol. The lowest BCUT2D eigenvalue weighted by Crippen LogP contribution is -2.50. The van der Waals surface area contributed by atoms with Crippen molar-refractivity contribution in [3.63, 3.8) is 0 Å². The van der Waals surface area contributed by atoms with Crippen molar-refractivity contribution in [3.8, 4) is 0 Å². The van der Waals surface area contributed by atoms with Gasteiger partial charge in [-0.05, 0) is 35.7 Å². The van der Waals surface area contributed by atoms with Gasteiger partial charge in [-0.2, -0.15) is 0 Å². The molecule has 0 bridgehead atoms. The Morgan fingerprint density at radius 2 is 1.65 bits per heavy atom. The molecule has 3 amide bonds. The number of imide groups is 1. The lowest BCUT2D eigenvalue weighted by atomic mass is 10.0. The fourth-order valence-corrected chi connectivity index (χ4v) is 3.83. The monoisotopic (exact) mass is 481 g/mol. The molecule has 3 aromatic rings. The Morgan fingerprint density at radius 3 is 2.23 bits per heavy atom. The van der Waals surface area contributed by atoms with E-state index in [4.69, 9.17) is 0 Å². The molecule has 9 heteroatoms. The highest BCUT2D eigenvalue weighted by Gasteiger charge is 2.44. The molecule has 0 spiro atoms. The molecule has 0 radical (unpaired) electrons. The molecule has 1 N–H and O–H groups in total. The summed E-state index contributed by atoms with van der Waals surface area (Å²) in [7, 11) is 0. The average molecular weight is 482 g/mol. The van der Waals surface area contributed by atoms with Gasteiger partial charge in [0, 0.05) is 4.47 Å². The van der Waals surface area contributed by atoms with E-state index in [0.29, 0.717) is 17.7 Å². The first kappa shape index (κ1) is 20.9. The van der Waals surface area contributed by atoms with E-state index in [1.165, 1.54) is 6.33 Å². The number of amides is 3. The van der Waals surface area contributed by atoms with E-state index in [1.807, 2.05) is 24.3 Å². The maximum atomic E-state index is 13.0. The van der Waals surface area contributed by atoms with Crippen LogP contribution in [0.1, 0.15) is 40.1 Å². The van der Waals surface area contributed by atoms with E-state index in [2.05, 4.69) is 31.3 Å². The van der Waals surface area contributed by atoms with Crippen LogP contribution >= 0.6 is 15.9 Å². The minimum atomic E-state index is -0.981. The van der Waals surface area contributed by atoms with Crippen molar-refractivity contribution in [2.75, 3.05) is 5.32 Å². The first-order chi connectivity index (χ1) is 14.8. The number of fused-ring (bicyclic) bond motifs is 1. The Bertz CT molecular complexity index is 1120. The number of carbonyl (C=O) groups excluding carboxylic acids is 3. The third-order valence-electron chi connectivity index (χ3n) is 5.03. The van der Waals surface area contributed by atoms with Crippen LogP contribution in [0.15, 0.2) is 59.3 Å². The molecule has 0 aliphatic carbocycles. The topological polar surface area (TPSA) is 97.2 Å². The molecule has 2 heterocycles. The summed E-state index contributed by atoms with van der Waals surface area (Å²) in [5.41, 5.74) is 1.64. The summed E-state index contributed by atoms with van der Waals surface area (Å²) in [6.45, 7) is 4.06. The van der Waals surface area contributed by atoms with E-state index in [9.17, 15) is 14.4 Å². The van der Waals surface area contributed by atoms with Crippen LogP contribution in [0.4, 0.5) is 5.95 Å². The number of carbonyl (C=O) groups is 3. The minimum absolute atomic E-state index is 0.115. The molecule has 158 valence electrons. The summed E-state index contributed by atoms with van der Waals surface area (Å²) in [6, 6.07) is 13.4. The quantitative estimate of drug-likeness (QED) is 0.544. The zero-order chi connectivity index (χ0) is 22.1. The number of benzene rings is 2. The SMILES string of the molecule is CC(C)C(C(=O)Nc1ncn(Cc2ccc(Br)cc2)n1)N1C(=O)c2ccccc2C1=O. The summed E-state index contributed by atoms with van der Waals surface area (Å²) in [4.78, 5) is 43.9. The van der Waals surface area contributed by atoms with Crippen LogP contribution < -0.4 is 5.32 Å². The Morgan fingerprint density at radius 1 is 1.03 bits per heavy atom. The Kier molecular flexibility index (Phi) is 5.69. The molecule has 31 heavy (non-hydrogen) atoms. The molecule has 0 saturated carbocycles. The van der Waals surface area contributed by atoms with Crippen molar-refractivity contribution in [1.82, 2.24) is 19.7 Å². The zero-order valence-electron chi connectivity index (χ0n) is 16.9. The molecule has 4 rings (SSSR count). The molecule has 0 saturated heterocycles. The molecule has 0 fully saturated rings. The zero-order valence-corrected chi connectivity index (χ0v) is 18.5.